The lowest BCUT2D eigenvalue weighted by atomic mass is 10.1. The van der Waals surface area contributed by atoms with Crippen LogP contribution in [-0.2, 0) is 10.0 Å². The van der Waals surface area contributed by atoms with Gasteiger partial charge in [0.2, 0.25) is 10.0 Å². The molecule has 1 aromatic heterocycles. The molecule has 3 rings (SSSR count). The Morgan fingerprint density at radius 2 is 2.12 bits per heavy atom. The van der Waals surface area contributed by atoms with Crippen LogP contribution in [0.3, 0.4) is 0 Å². The summed E-state index contributed by atoms with van der Waals surface area (Å²) in [7, 11) is -1.58. The van der Waals surface area contributed by atoms with Gasteiger partial charge in [-0.1, -0.05) is 6.92 Å². The maximum atomic E-state index is 12.5. The highest BCUT2D eigenvalue weighted by Crippen LogP contribution is 2.39. The summed E-state index contributed by atoms with van der Waals surface area (Å²) in [6.45, 7) is 3.08. The predicted molar refractivity (Wildman–Crippen MR) is 93.7 cm³/mol. The van der Waals surface area contributed by atoms with Crippen molar-refractivity contribution in [1.29, 1.82) is 0 Å². The molecule has 2 N–H and O–H groups in total. The van der Waals surface area contributed by atoms with Gasteiger partial charge < -0.3 is 10.6 Å². The molecule has 0 spiro atoms. The van der Waals surface area contributed by atoms with E-state index in [0.29, 0.717) is 31.2 Å². The van der Waals surface area contributed by atoms with E-state index in [1.807, 2.05) is 6.92 Å². The predicted octanol–water partition coefficient (Wildman–Crippen LogP) is -0.0467. The van der Waals surface area contributed by atoms with Crippen LogP contribution in [0.5, 0.6) is 0 Å². The number of nitrogens with zero attached hydrogens (tertiary/aromatic N) is 3. The van der Waals surface area contributed by atoms with Gasteiger partial charge in [0.05, 0.1) is 11.9 Å². The van der Waals surface area contributed by atoms with E-state index in [9.17, 15) is 13.2 Å². The second kappa shape index (κ2) is 7.35. The second-order valence-electron chi connectivity index (χ2n) is 6.94. The van der Waals surface area contributed by atoms with Crippen molar-refractivity contribution >= 4 is 15.9 Å². The molecule has 0 bridgehead atoms. The largest absolute Gasteiger partial charge is 0.346 e. The van der Waals surface area contributed by atoms with Gasteiger partial charge in [-0.3, -0.25) is 4.79 Å². The zero-order chi connectivity index (χ0) is 18.0. The van der Waals surface area contributed by atoms with E-state index in [-0.39, 0.29) is 23.6 Å². The highest BCUT2D eigenvalue weighted by molar-refractivity contribution is 7.89. The first kappa shape index (κ1) is 18.2. The van der Waals surface area contributed by atoms with Crippen molar-refractivity contribution in [3.8, 4) is 0 Å². The maximum absolute atomic E-state index is 12.5. The number of nitrogens with one attached hydrogen (secondary N) is 2. The van der Waals surface area contributed by atoms with Crippen LogP contribution in [0, 0.1) is 5.92 Å². The summed E-state index contributed by atoms with van der Waals surface area (Å²) < 4.78 is 26.1. The minimum absolute atomic E-state index is 0.0490. The molecule has 1 amide bonds. The van der Waals surface area contributed by atoms with Crippen LogP contribution in [0.4, 0.5) is 0 Å². The smallest absolute Gasteiger partial charge is 0.272 e. The lowest BCUT2D eigenvalue weighted by molar-refractivity contribution is 0.0926. The quantitative estimate of drug-likeness (QED) is 0.700. The van der Waals surface area contributed by atoms with Crippen LogP contribution in [0.2, 0.25) is 0 Å². The van der Waals surface area contributed by atoms with Gasteiger partial charge >= 0.3 is 0 Å². The average molecular weight is 367 g/mol. The van der Waals surface area contributed by atoms with Gasteiger partial charge in [-0.15, -0.1) is 5.10 Å². The Morgan fingerprint density at radius 1 is 1.36 bits per heavy atom. The topological polar surface area (TPSA) is 104 Å². The molecule has 2 atom stereocenters. The summed E-state index contributed by atoms with van der Waals surface area (Å²) in [5, 5.41) is 13.6. The highest BCUT2D eigenvalue weighted by Gasteiger charge is 2.37. The molecule has 2 aliphatic rings. The van der Waals surface area contributed by atoms with Crippen LogP contribution in [0.15, 0.2) is 12.3 Å². The Hall–Kier alpha value is -1.58. The van der Waals surface area contributed by atoms with Crippen molar-refractivity contribution < 1.29 is 13.2 Å². The van der Waals surface area contributed by atoms with Gasteiger partial charge in [-0.25, -0.2) is 8.42 Å². The normalized spacial score (nSPS) is 24.4. The number of amides is 1. The lowest BCUT2D eigenvalue weighted by Crippen LogP contribution is -2.41. The summed E-state index contributed by atoms with van der Waals surface area (Å²) >= 11 is 0. The third-order valence-corrected chi connectivity index (χ3v) is 6.66. The fraction of sp³-hybridized carbons (Fsp3) is 0.688. The molecule has 8 nitrogen and oxygen atoms in total. The van der Waals surface area contributed by atoms with E-state index >= 15 is 0 Å². The molecular weight excluding hydrogens is 342 g/mol. The summed E-state index contributed by atoms with van der Waals surface area (Å²) in [5.41, 5.74) is 1.35. The third kappa shape index (κ3) is 4.34. The second-order valence-corrected chi connectivity index (χ2v) is 9.03. The first-order valence-corrected chi connectivity index (χ1v) is 10.3. The van der Waals surface area contributed by atoms with E-state index in [2.05, 4.69) is 20.8 Å². The van der Waals surface area contributed by atoms with Gasteiger partial charge in [0.25, 0.3) is 5.91 Å². The van der Waals surface area contributed by atoms with Crippen molar-refractivity contribution in [3.05, 3.63) is 23.5 Å². The number of hydrogen-bond acceptors (Lipinski definition) is 6. The molecule has 0 unspecified atom stereocenters. The van der Waals surface area contributed by atoms with E-state index < -0.39 is 10.0 Å². The van der Waals surface area contributed by atoms with Crippen LogP contribution < -0.4 is 10.6 Å². The number of sulfonamides is 1. The Balaban J connectivity index is 1.62. The van der Waals surface area contributed by atoms with Crippen LogP contribution in [0.1, 0.15) is 41.7 Å². The van der Waals surface area contributed by atoms with Crippen molar-refractivity contribution in [3.63, 3.8) is 0 Å². The summed E-state index contributed by atoms with van der Waals surface area (Å²) in [4.78, 5) is 12.5. The molecular formula is C16H25N5O3S. The van der Waals surface area contributed by atoms with E-state index in [0.717, 1.165) is 18.4 Å². The molecule has 9 heteroatoms. The van der Waals surface area contributed by atoms with Crippen molar-refractivity contribution in [1.82, 2.24) is 25.1 Å². The fourth-order valence-corrected chi connectivity index (χ4v) is 4.64. The number of hydrogen-bond donors (Lipinski definition) is 2. The fourth-order valence-electron chi connectivity index (χ4n) is 3.07. The van der Waals surface area contributed by atoms with Gasteiger partial charge in [0.1, 0.15) is 0 Å². The SMILES string of the molecule is CNCCS(=O)(=O)N1C[C@H](C)[C@H](NC(=O)c2cc(C3CC3)cnn2)C1. The average Bonchev–Trinajstić information content (AvgIpc) is 3.38. The Morgan fingerprint density at radius 3 is 2.80 bits per heavy atom. The molecule has 1 saturated carbocycles. The lowest BCUT2D eigenvalue weighted by Gasteiger charge is -2.17. The van der Waals surface area contributed by atoms with Crippen LogP contribution in [-0.4, -0.2) is 67.3 Å². The number of rotatable bonds is 7. The Kier molecular flexibility index (Phi) is 5.35. The zero-order valence-electron chi connectivity index (χ0n) is 14.6. The number of carbonyl (C=O) groups is 1. The Labute approximate surface area is 148 Å². The zero-order valence-corrected chi connectivity index (χ0v) is 15.4. The first-order valence-electron chi connectivity index (χ1n) is 8.66. The molecule has 1 aliphatic heterocycles. The molecule has 2 heterocycles. The standard InChI is InChI=1S/C16H25N5O3S/c1-11-9-21(25(23,24)6-5-17-2)10-15(11)19-16(22)14-7-13(8-18-20-14)12-3-4-12/h7-8,11-12,15,17H,3-6,9-10H2,1-2H3,(H,19,22)/t11-,15+/m0/s1. The van der Waals surface area contributed by atoms with Crippen LogP contribution >= 0.6 is 0 Å². The van der Waals surface area contributed by atoms with Gasteiger partial charge in [-0.2, -0.15) is 9.40 Å². The van der Waals surface area contributed by atoms with E-state index in [4.69, 9.17) is 0 Å². The minimum Gasteiger partial charge on any atom is -0.346 e. The summed E-state index contributed by atoms with van der Waals surface area (Å²) in [6.07, 6.45) is 3.97. The van der Waals surface area contributed by atoms with Crippen molar-refractivity contribution in [2.75, 3.05) is 32.4 Å². The molecule has 1 aromatic rings. The van der Waals surface area contributed by atoms with Crippen molar-refractivity contribution in [2.24, 2.45) is 5.92 Å². The van der Waals surface area contributed by atoms with Gasteiger partial charge in [-0.05, 0) is 43.4 Å². The summed E-state index contributed by atoms with van der Waals surface area (Å²) in [5.74, 6) is 0.320. The maximum Gasteiger partial charge on any atom is 0.272 e. The third-order valence-electron chi connectivity index (χ3n) is 4.86. The molecule has 2 fully saturated rings. The van der Waals surface area contributed by atoms with E-state index in [1.54, 1.807) is 19.3 Å². The monoisotopic (exact) mass is 367 g/mol. The molecule has 0 radical (unpaired) electrons. The number of aromatic nitrogens is 2. The molecule has 0 aromatic carbocycles. The Bertz CT molecular complexity index is 735. The molecule has 1 aliphatic carbocycles. The van der Waals surface area contributed by atoms with Gasteiger partial charge in [0, 0.05) is 25.7 Å². The molecule has 1 saturated heterocycles. The highest BCUT2D eigenvalue weighted by atomic mass is 32.2. The first-order chi connectivity index (χ1) is 11.9. The molecule has 138 valence electrons. The molecule has 25 heavy (non-hydrogen) atoms. The van der Waals surface area contributed by atoms with E-state index in [1.165, 1.54) is 4.31 Å². The van der Waals surface area contributed by atoms with Crippen LogP contribution in [0.25, 0.3) is 0 Å². The summed E-state index contributed by atoms with van der Waals surface area (Å²) in [6, 6.07) is 1.57. The van der Waals surface area contributed by atoms with Gasteiger partial charge in [0.15, 0.2) is 5.69 Å². The number of carbonyl (C=O) groups excluding carboxylic acids is 1. The minimum atomic E-state index is -3.31. The van der Waals surface area contributed by atoms with Crippen molar-refractivity contribution in [2.45, 2.75) is 31.7 Å².